The quantitative estimate of drug-likeness (QED) is 0.114. The Labute approximate surface area is 173 Å². The van der Waals surface area contributed by atoms with E-state index in [-0.39, 0.29) is 0 Å². The van der Waals surface area contributed by atoms with Crippen molar-refractivity contribution in [3.63, 3.8) is 0 Å². The number of hydrogen-bond donors (Lipinski definition) is 0. The maximum Gasteiger partial charge on any atom is 0.146 e. The molecule has 0 saturated carbocycles. The molecule has 0 radical (unpaired) electrons. The summed E-state index contributed by atoms with van der Waals surface area (Å²) in [6.07, 6.45) is 1.00. The lowest BCUT2D eigenvalue weighted by Gasteiger charge is -2.06. The molecule has 2 aliphatic heterocycles. The second-order valence-electron chi connectivity index (χ2n) is 5.57. The van der Waals surface area contributed by atoms with E-state index in [0.717, 1.165) is 60.9 Å². The molecule has 0 amide bonds. The molecule has 0 bridgehead atoms. The van der Waals surface area contributed by atoms with Crippen molar-refractivity contribution in [2.45, 2.75) is 12.2 Å². The van der Waals surface area contributed by atoms with Gasteiger partial charge in [-0.15, -0.1) is 0 Å². The van der Waals surface area contributed by atoms with Crippen LogP contribution >= 0.6 is 45.1 Å². The van der Waals surface area contributed by atoms with E-state index in [1.54, 1.807) is 21.6 Å². The summed E-state index contributed by atoms with van der Waals surface area (Å²) < 4.78 is 32.0. The van der Waals surface area contributed by atoms with Crippen LogP contribution in [0, 0.1) is 0 Å². The van der Waals surface area contributed by atoms with Crippen LogP contribution in [0.4, 0.5) is 0 Å². The molecule has 0 aromatic heterocycles. The Morgan fingerprint density at radius 3 is 1.38 bits per heavy atom. The summed E-state index contributed by atoms with van der Waals surface area (Å²) in [4.78, 5) is 0. The van der Waals surface area contributed by atoms with Gasteiger partial charge in [0.1, 0.15) is 13.6 Å². The number of ether oxygens (including phenoxy) is 6. The van der Waals surface area contributed by atoms with Crippen molar-refractivity contribution in [1.29, 1.82) is 0 Å². The minimum atomic E-state index is 0.387. The van der Waals surface area contributed by atoms with E-state index in [0.29, 0.717) is 39.0 Å². The standard InChI is InChI=1S/C16H30O6S4/c1(5-23-11-15-9-21-15)17-13-19-3-7-25-26-8-4-20-14-18-2-6-24-12-16-10-22-16/h15-16H,1-14H2. The Balaban J connectivity index is 1.14. The zero-order valence-corrected chi connectivity index (χ0v) is 18.4. The minimum absolute atomic E-state index is 0.387. The monoisotopic (exact) mass is 446 g/mol. The summed E-state index contributed by atoms with van der Waals surface area (Å²) in [6, 6.07) is 0. The zero-order chi connectivity index (χ0) is 18.1. The van der Waals surface area contributed by atoms with Crippen molar-refractivity contribution >= 4 is 45.1 Å². The average molecular weight is 447 g/mol. The molecule has 0 aliphatic carbocycles. The molecule has 2 fully saturated rings. The van der Waals surface area contributed by atoms with Crippen LogP contribution in [0.15, 0.2) is 0 Å². The van der Waals surface area contributed by atoms with Gasteiger partial charge in [0.05, 0.1) is 51.8 Å². The third kappa shape index (κ3) is 16.1. The van der Waals surface area contributed by atoms with Gasteiger partial charge in [-0.3, -0.25) is 0 Å². The third-order valence-electron chi connectivity index (χ3n) is 3.19. The van der Waals surface area contributed by atoms with E-state index in [2.05, 4.69) is 0 Å². The Kier molecular flexibility index (Phi) is 15.4. The van der Waals surface area contributed by atoms with Crippen LogP contribution in [0.25, 0.3) is 0 Å². The molecule has 2 atom stereocenters. The van der Waals surface area contributed by atoms with Gasteiger partial charge < -0.3 is 28.4 Å². The molecule has 0 aromatic carbocycles. The predicted molar refractivity (Wildman–Crippen MR) is 113 cm³/mol. The normalized spacial score (nSPS) is 21.2. The van der Waals surface area contributed by atoms with E-state index in [4.69, 9.17) is 28.4 Å². The lowest BCUT2D eigenvalue weighted by molar-refractivity contribution is -0.0429. The highest BCUT2D eigenvalue weighted by Gasteiger charge is 2.22. The van der Waals surface area contributed by atoms with Gasteiger partial charge in [-0.2, -0.15) is 23.5 Å². The van der Waals surface area contributed by atoms with Crippen molar-refractivity contribution in [3.05, 3.63) is 0 Å². The fourth-order valence-electron chi connectivity index (χ4n) is 1.65. The Hall–Kier alpha value is 1.16. The fourth-order valence-corrected chi connectivity index (χ4v) is 5.09. The molecule has 0 N–H and O–H groups in total. The topological polar surface area (TPSA) is 62.0 Å². The second kappa shape index (κ2) is 17.1. The van der Waals surface area contributed by atoms with Crippen molar-refractivity contribution < 1.29 is 28.4 Å². The average Bonchev–Trinajstić information content (AvgIpc) is 3.54. The van der Waals surface area contributed by atoms with E-state index in [9.17, 15) is 0 Å². The largest absolute Gasteiger partial charge is 0.372 e. The van der Waals surface area contributed by atoms with Gasteiger partial charge >= 0.3 is 0 Å². The summed E-state index contributed by atoms with van der Waals surface area (Å²) in [7, 11) is 3.60. The van der Waals surface area contributed by atoms with Gasteiger partial charge in [-0.1, -0.05) is 21.6 Å². The van der Waals surface area contributed by atoms with Gasteiger partial charge in [0.25, 0.3) is 0 Å². The number of thioether (sulfide) groups is 2. The zero-order valence-electron chi connectivity index (χ0n) is 15.1. The van der Waals surface area contributed by atoms with Gasteiger partial charge in [0, 0.05) is 34.5 Å². The SMILES string of the molecule is C(CSCC1CO1)OCOCCSSCCOCOCCSCC1CO1. The Morgan fingerprint density at radius 1 is 0.615 bits per heavy atom. The molecule has 2 rings (SSSR count). The Morgan fingerprint density at radius 2 is 1.00 bits per heavy atom. The van der Waals surface area contributed by atoms with Gasteiger partial charge in [0.15, 0.2) is 0 Å². The molecule has 2 unspecified atom stereocenters. The molecule has 0 spiro atoms. The first-order chi connectivity index (χ1) is 12.9. The van der Waals surface area contributed by atoms with Crippen LogP contribution in [-0.4, -0.2) is 100.0 Å². The molecule has 0 aromatic rings. The van der Waals surface area contributed by atoms with Gasteiger partial charge in [-0.25, -0.2) is 0 Å². The first kappa shape index (κ1) is 23.4. The summed E-state index contributed by atoms with van der Waals surface area (Å²) in [5.74, 6) is 6.10. The first-order valence-corrected chi connectivity index (χ1v) is 13.7. The molecule has 2 aliphatic rings. The minimum Gasteiger partial charge on any atom is -0.372 e. The smallest absolute Gasteiger partial charge is 0.146 e. The van der Waals surface area contributed by atoms with Crippen molar-refractivity contribution in [3.8, 4) is 0 Å². The van der Waals surface area contributed by atoms with Gasteiger partial charge in [0.2, 0.25) is 0 Å². The highest BCUT2D eigenvalue weighted by Crippen LogP contribution is 2.20. The Bertz CT molecular complexity index is 291. The molecule has 2 heterocycles. The molecule has 6 nitrogen and oxygen atoms in total. The number of hydrogen-bond acceptors (Lipinski definition) is 10. The lowest BCUT2D eigenvalue weighted by Crippen LogP contribution is -2.07. The summed E-state index contributed by atoms with van der Waals surface area (Å²) in [5.41, 5.74) is 0. The maximum atomic E-state index is 5.43. The van der Waals surface area contributed by atoms with Crippen molar-refractivity contribution in [1.82, 2.24) is 0 Å². The lowest BCUT2D eigenvalue weighted by atomic mass is 10.6. The molecular formula is C16H30O6S4. The van der Waals surface area contributed by atoms with Crippen LogP contribution in [0.1, 0.15) is 0 Å². The van der Waals surface area contributed by atoms with Crippen LogP contribution in [0.2, 0.25) is 0 Å². The summed E-state index contributed by atoms with van der Waals surface area (Å²) >= 11 is 3.75. The van der Waals surface area contributed by atoms with E-state index in [1.165, 1.54) is 0 Å². The molecule has 154 valence electrons. The predicted octanol–water partition coefficient (Wildman–Crippen LogP) is 2.61. The second-order valence-corrected chi connectivity index (χ2v) is 10.6. The van der Waals surface area contributed by atoms with Gasteiger partial charge in [-0.05, 0) is 0 Å². The van der Waals surface area contributed by atoms with Crippen LogP contribution in [0.5, 0.6) is 0 Å². The number of rotatable bonds is 21. The molecule has 2 saturated heterocycles. The fraction of sp³-hybridized carbons (Fsp3) is 1.00. The van der Waals surface area contributed by atoms with E-state index >= 15 is 0 Å². The third-order valence-corrected chi connectivity index (χ3v) is 7.65. The first-order valence-electron chi connectivity index (χ1n) is 8.89. The highest BCUT2D eigenvalue weighted by atomic mass is 33.1. The molecular weight excluding hydrogens is 416 g/mol. The summed E-state index contributed by atoms with van der Waals surface area (Å²) in [5, 5.41) is 0. The van der Waals surface area contributed by atoms with E-state index < -0.39 is 0 Å². The van der Waals surface area contributed by atoms with Crippen LogP contribution < -0.4 is 0 Å². The number of epoxide rings is 2. The van der Waals surface area contributed by atoms with Crippen molar-refractivity contribution in [2.24, 2.45) is 0 Å². The van der Waals surface area contributed by atoms with Crippen LogP contribution in [0.3, 0.4) is 0 Å². The molecule has 10 heteroatoms. The maximum absolute atomic E-state index is 5.43. The van der Waals surface area contributed by atoms with Crippen molar-refractivity contribution in [2.75, 3.05) is 87.7 Å². The summed E-state index contributed by atoms with van der Waals surface area (Å²) in [6.45, 7) is 5.56. The molecule has 26 heavy (non-hydrogen) atoms. The highest BCUT2D eigenvalue weighted by molar-refractivity contribution is 8.76. The van der Waals surface area contributed by atoms with Crippen LogP contribution in [-0.2, 0) is 28.4 Å². The van der Waals surface area contributed by atoms with E-state index in [1.807, 2.05) is 23.5 Å².